The third-order valence-electron chi connectivity index (χ3n) is 4.32. The molecule has 0 atom stereocenters. The summed E-state index contributed by atoms with van der Waals surface area (Å²) >= 11 is 12.3. The average molecular weight is 396 g/mol. The van der Waals surface area contributed by atoms with Crippen LogP contribution in [0.2, 0.25) is 10.2 Å². The molecule has 0 unspecified atom stereocenters. The van der Waals surface area contributed by atoms with E-state index >= 15 is 0 Å². The molecule has 5 nitrogen and oxygen atoms in total. The number of hydrogen-bond acceptors (Lipinski definition) is 4. The number of carbonyl (C=O) groups excluding carboxylic acids is 1. The lowest BCUT2D eigenvalue weighted by Gasteiger charge is -2.37. The van der Waals surface area contributed by atoms with Crippen LogP contribution in [0, 0.1) is 6.92 Å². The molecule has 1 aromatic carbocycles. The number of rotatable bonds is 1. The van der Waals surface area contributed by atoms with E-state index in [4.69, 9.17) is 27.9 Å². The molecule has 0 saturated carbocycles. The van der Waals surface area contributed by atoms with Gasteiger partial charge in [-0.05, 0) is 51.5 Å². The SMILES string of the molecule is Cc1cc2nc(Cl)cc(Cl)c2cc1N1CCN(C(=O)OC(C)(C)C)CC1. The Morgan fingerprint density at radius 2 is 1.77 bits per heavy atom. The molecular formula is C19H23Cl2N3O2. The van der Waals surface area contributed by atoms with Crippen molar-refractivity contribution in [2.45, 2.75) is 33.3 Å². The molecular weight excluding hydrogens is 373 g/mol. The second-order valence-corrected chi connectivity index (χ2v) is 8.33. The van der Waals surface area contributed by atoms with Crippen molar-refractivity contribution in [3.63, 3.8) is 0 Å². The third kappa shape index (κ3) is 4.15. The quantitative estimate of drug-likeness (QED) is 0.643. The zero-order valence-electron chi connectivity index (χ0n) is 15.5. The summed E-state index contributed by atoms with van der Waals surface area (Å²) in [4.78, 5) is 20.6. The van der Waals surface area contributed by atoms with E-state index in [-0.39, 0.29) is 6.09 Å². The predicted octanol–water partition coefficient (Wildman–Crippen LogP) is 4.91. The van der Waals surface area contributed by atoms with Gasteiger partial charge in [0.05, 0.1) is 10.5 Å². The first-order chi connectivity index (χ1) is 12.1. The summed E-state index contributed by atoms with van der Waals surface area (Å²) in [6.07, 6.45) is -0.255. The summed E-state index contributed by atoms with van der Waals surface area (Å²) in [6, 6.07) is 5.72. The molecule has 1 aromatic heterocycles. The number of piperazine rings is 1. The number of aryl methyl sites for hydroxylation is 1. The van der Waals surface area contributed by atoms with Gasteiger partial charge in [0.1, 0.15) is 10.8 Å². The van der Waals surface area contributed by atoms with Crippen molar-refractivity contribution >= 4 is 45.9 Å². The molecule has 2 heterocycles. The molecule has 1 aliphatic rings. The minimum atomic E-state index is -0.478. The number of amides is 1. The molecule has 1 saturated heterocycles. The number of carbonyl (C=O) groups is 1. The van der Waals surface area contributed by atoms with Crippen molar-refractivity contribution < 1.29 is 9.53 Å². The summed E-state index contributed by atoms with van der Waals surface area (Å²) in [6.45, 7) is 10.4. The first-order valence-corrected chi connectivity index (χ1v) is 9.39. The van der Waals surface area contributed by atoms with Crippen LogP contribution in [0.15, 0.2) is 18.2 Å². The maximum Gasteiger partial charge on any atom is 0.410 e. The number of halogens is 2. The Morgan fingerprint density at radius 3 is 2.38 bits per heavy atom. The smallest absolute Gasteiger partial charge is 0.410 e. The molecule has 140 valence electrons. The summed E-state index contributed by atoms with van der Waals surface area (Å²) in [5.74, 6) is 0. The van der Waals surface area contributed by atoms with Crippen LogP contribution in [0.25, 0.3) is 10.9 Å². The molecule has 1 amide bonds. The Bertz CT molecular complexity index is 841. The van der Waals surface area contributed by atoms with Gasteiger partial charge in [0, 0.05) is 37.3 Å². The molecule has 26 heavy (non-hydrogen) atoms. The molecule has 1 aliphatic heterocycles. The van der Waals surface area contributed by atoms with Gasteiger partial charge in [0.25, 0.3) is 0 Å². The highest BCUT2D eigenvalue weighted by Gasteiger charge is 2.26. The fourth-order valence-electron chi connectivity index (χ4n) is 3.09. The van der Waals surface area contributed by atoms with E-state index in [0.29, 0.717) is 23.3 Å². The molecule has 0 aliphatic carbocycles. The average Bonchev–Trinajstić information content (AvgIpc) is 2.52. The largest absolute Gasteiger partial charge is 0.444 e. The van der Waals surface area contributed by atoms with Crippen molar-refractivity contribution in [1.82, 2.24) is 9.88 Å². The van der Waals surface area contributed by atoms with Crippen LogP contribution in [0.5, 0.6) is 0 Å². The van der Waals surface area contributed by atoms with Crippen LogP contribution < -0.4 is 4.90 Å². The van der Waals surface area contributed by atoms with Gasteiger partial charge < -0.3 is 14.5 Å². The van der Waals surface area contributed by atoms with Gasteiger partial charge in [0.2, 0.25) is 0 Å². The van der Waals surface area contributed by atoms with Crippen molar-refractivity contribution in [3.8, 4) is 0 Å². The fourth-order valence-corrected chi connectivity index (χ4v) is 3.60. The first-order valence-electron chi connectivity index (χ1n) is 8.63. The Hall–Kier alpha value is -1.72. The number of aromatic nitrogens is 1. The van der Waals surface area contributed by atoms with E-state index in [1.807, 2.05) is 33.8 Å². The number of fused-ring (bicyclic) bond motifs is 1. The zero-order chi connectivity index (χ0) is 19.1. The number of hydrogen-bond donors (Lipinski definition) is 0. The predicted molar refractivity (Wildman–Crippen MR) is 107 cm³/mol. The van der Waals surface area contributed by atoms with Gasteiger partial charge in [-0.3, -0.25) is 0 Å². The number of anilines is 1. The van der Waals surface area contributed by atoms with Gasteiger partial charge >= 0.3 is 6.09 Å². The lowest BCUT2D eigenvalue weighted by molar-refractivity contribution is 0.0240. The fraction of sp³-hybridized carbons (Fsp3) is 0.474. The van der Waals surface area contributed by atoms with Crippen molar-refractivity contribution in [1.29, 1.82) is 0 Å². The second kappa shape index (κ2) is 7.12. The number of benzene rings is 1. The Balaban J connectivity index is 1.77. The minimum Gasteiger partial charge on any atom is -0.444 e. The summed E-state index contributed by atoms with van der Waals surface area (Å²) in [7, 11) is 0. The normalized spacial score (nSPS) is 15.5. The van der Waals surface area contributed by atoms with E-state index in [9.17, 15) is 4.79 Å². The Morgan fingerprint density at radius 1 is 1.12 bits per heavy atom. The topological polar surface area (TPSA) is 45.7 Å². The van der Waals surface area contributed by atoms with Gasteiger partial charge in [0.15, 0.2) is 0 Å². The van der Waals surface area contributed by atoms with Gasteiger partial charge in [-0.15, -0.1) is 0 Å². The molecule has 3 rings (SSSR count). The van der Waals surface area contributed by atoms with E-state index < -0.39 is 5.60 Å². The van der Waals surface area contributed by atoms with Crippen molar-refractivity contribution in [3.05, 3.63) is 33.9 Å². The number of nitrogens with zero attached hydrogens (tertiary/aromatic N) is 3. The van der Waals surface area contributed by atoms with Crippen molar-refractivity contribution in [2.24, 2.45) is 0 Å². The van der Waals surface area contributed by atoms with E-state index in [2.05, 4.69) is 16.0 Å². The van der Waals surface area contributed by atoms with Gasteiger partial charge in [-0.25, -0.2) is 9.78 Å². The van der Waals surface area contributed by atoms with E-state index in [0.717, 1.165) is 35.2 Å². The highest BCUT2D eigenvalue weighted by atomic mass is 35.5. The monoisotopic (exact) mass is 395 g/mol. The minimum absolute atomic E-state index is 0.255. The van der Waals surface area contributed by atoms with Crippen LogP contribution in [0.3, 0.4) is 0 Å². The van der Waals surface area contributed by atoms with E-state index in [1.165, 1.54) is 0 Å². The highest BCUT2D eigenvalue weighted by Crippen LogP contribution is 2.32. The maximum atomic E-state index is 12.2. The maximum absolute atomic E-state index is 12.2. The van der Waals surface area contributed by atoms with Gasteiger partial charge in [-0.1, -0.05) is 23.2 Å². The second-order valence-electron chi connectivity index (χ2n) is 7.54. The molecule has 7 heteroatoms. The molecule has 0 spiro atoms. The van der Waals surface area contributed by atoms with Crippen LogP contribution in [-0.2, 0) is 4.74 Å². The molecule has 0 bridgehead atoms. The lowest BCUT2D eigenvalue weighted by atomic mass is 10.1. The van der Waals surface area contributed by atoms with Crippen LogP contribution in [0.1, 0.15) is 26.3 Å². The number of pyridine rings is 1. The molecule has 0 radical (unpaired) electrons. The lowest BCUT2D eigenvalue weighted by Crippen LogP contribution is -2.50. The Labute approximate surface area is 163 Å². The van der Waals surface area contributed by atoms with E-state index in [1.54, 1.807) is 11.0 Å². The zero-order valence-corrected chi connectivity index (χ0v) is 17.0. The highest BCUT2D eigenvalue weighted by molar-refractivity contribution is 6.37. The summed E-state index contributed by atoms with van der Waals surface area (Å²) < 4.78 is 5.46. The standard InChI is InChI=1S/C19H23Cl2N3O2/c1-12-9-15-13(14(20)11-17(21)22-15)10-16(12)23-5-7-24(8-6-23)18(25)26-19(2,3)4/h9-11H,5-8H2,1-4H3. The van der Waals surface area contributed by atoms with Gasteiger partial charge in [-0.2, -0.15) is 0 Å². The number of ether oxygens (including phenoxy) is 1. The van der Waals surface area contributed by atoms with Crippen LogP contribution in [-0.4, -0.2) is 47.8 Å². The molecule has 0 N–H and O–H groups in total. The van der Waals surface area contributed by atoms with Crippen LogP contribution in [0.4, 0.5) is 10.5 Å². The van der Waals surface area contributed by atoms with Crippen LogP contribution >= 0.6 is 23.2 Å². The third-order valence-corrected chi connectivity index (χ3v) is 4.82. The van der Waals surface area contributed by atoms with Crippen molar-refractivity contribution in [2.75, 3.05) is 31.1 Å². The summed E-state index contributed by atoms with van der Waals surface area (Å²) in [5.41, 5.74) is 2.52. The Kier molecular flexibility index (Phi) is 5.22. The molecule has 1 fully saturated rings. The molecule has 2 aromatic rings. The first kappa shape index (κ1) is 19.1. The summed E-state index contributed by atoms with van der Waals surface area (Å²) in [5, 5.41) is 1.86.